The minimum atomic E-state index is -0.441. The van der Waals surface area contributed by atoms with Crippen LogP contribution in [-0.4, -0.2) is 30.9 Å². The van der Waals surface area contributed by atoms with Crippen LogP contribution in [0, 0.1) is 5.92 Å². The predicted molar refractivity (Wildman–Crippen MR) is 80.9 cm³/mol. The Balaban J connectivity index is 1.84. The second kappa shape index (κ2) is 5.27. The molecule has 1 aromatic carbocycles. The van der Waals surface area contributed by atoms with Gasteiger partial charge in [-0.25, -0.2) is 0 Å². The van der Waals surface area contributed by atoms with Crippen LogP contribution < -0.4 is 21.7 Å². The average Bonchev–Trinajstić information content (AvgIpc) is 2.46. The number of hydrogen-bond donors (Lipinski definition) is 3. The summed E-state index contributed by atoms with van der Waals surface area (Å²) in [6, 6.07) is 5.43. The molecule has 2 aliphatic rings. The molecule has 0 bridgehead atoms. The van der Waals surface area contributed by atoms with Crippen molar-refractivity contribution in [2.24, 2.45) is 11.7 Å². The largest absolute Gasteiger partial charge is 0.399 e. The van der Waals surface area contributed by atoms with Crippen molar-refractivity contribution in [3.05, 3.63) is 23.8 Å². The van der Waals surface area contributed by atoms with Crippen LogP contribution in [0.1, 0.15) is 29.6 Å². The summed E-state index contributed by atoms with van der Waals surface area (Å²) in [5, 5.41) is 3.06. The molecule has 1 aromatic rings. The first-order valence-electron chi connectivity index (χ1n) is 7.28. The molecule has 112 valence electrons. The second-order valence-electron chi connectivity index (χ2n) is 5.85. The monoisotopic (exact) mass is 288 g/mol. The smallest absolute Gasteiger partial charge is 0.250 e. The van der Waals surface area contributed by atoms with Crippen LogP contribution in [0.25, 0.3) is 0 Å². The van der Waals surface area contributed by atoms with E-state index in [1.165, 1.54) is 0 Å². The Kier molecular flexibility index (Phi) is 3.45. The van der Waals surface area contributed by atoms with Crippen molar-refractivity contribution < 1.29 is 9.59 Å². The highest BCUT2D eigenvalue weighted by molar-refractivity contribution is 5.99. The lowest BCUT2D eigenvalue weighted by Crippen LogP contribution is -2.54. The number of hydrogen-bond acceptors (Lipinski definition) is 4. The standard InChI is InChI=1S/C15H20N4O2/c16-10-2-3-11(15(17)21)13(7-10)19-6-5-12-9(8-19)1-4-14(20)18-12/h2-3,7,9,12H,1,4-6,8,16H2,(H2,17,21)(H,18,20). The summed E-state index contributed by atoms with van der Waals surface area (Å²) in [6.07, 6.45) is 2.35. The van der Waals surface area contributed by atoms with Crippen LogP contribution in [-0.2, 0) is 4.79 Å². The van der Waals surface area contributed by atoms with Gasteiger partial charge in [-0.15, -0.1) is 0 Å². The molecule has 6 nitrogen and oxygen atoms in total. The van der Waals surface area contributed by atoms with E-state index in [2.05, 4.69) is 10.2 Å². The zero-order valence-electron chi connectivity index (χ0n) is 11.8. The number of primary amides is 1. The maximum atomic E-state index is 11.6. The van der Waals surface area contributed by atoms with Gasteiger partial charge in [-0.3, -0.25) is 9.59 Å². The fraction of sp³-hybridized carbons (Fsp3) is 0.467. The number of nitrogens with zero attached hydrogens (tertiary/aromatic N) is 1. The van der Waals surface area contributed by atoms with Crippen LogP contribution in [0.3, 0.4) is 0 Å². The molecule has 6 heteroatoms. The summed E-state index contributed by atoms with van der Waals surface area (Å²) in [5.41, 5.74) is 13.2. The summed E-state index contributed by atoms with van der Waals surface area (Å²) in [5.74, 6) is 0.120. The van der Waals surface area contributed by atoms with Gasteiger partial charge < -0.3 is 21.7 Å². The lowest BCUT2D eigenvalue weighted by molar-refractivity contribution is -0.124. The third kappa shape index (κ3) is 2.66. The Morgan fingerprint density at radius 3 is 2.90 bits per heavy atom. The molecule has 2 saturated heterocycles. The van der Waals surface area contributed by atoms with Crippen molar-refractivity contribution in [3.8, 4) is 0 Å². The van der Waals surface area contributed by atoms with E-state index in [0.717, 1.165) is 31.6 Å². The third-order valence-corrected chi connectivity index (χ3v) is 4.45. The number of nitrogens with one attached hydrogen (secondary N) is 1. The highest BCUT2D eigenvalue weighted by Crippen LogP contribution is 2.31. The van der Waals surface area contributed by atoms with Crippen molar-refractivity contribution in [1.82, 2.24) is 5.32 Å². The highest BCUT2D eigenvalue weighted by atomic mass is 16.2. The zero-order chi connectivity index (χ0) is 15.0. The van der Waals surface area contributed by atoms with Crippen molar-refractivity contribution in [2.75, 3.05) is 23.7 Å². The van der Waals surface area contributed by atoms with E-state index in [1.54, 1.807) is 12.1 Å². The Morgan fingerprint density at radius 2 is 2.14 bits per heavy atom. The topological polar surface area (TPSA) is 101 Å². The van der Waals surface area contributed by atoms with Crippen LogP contribution >= 0.6 is 0 Å². The fourth-order valence-corrected chi connectivity index (χ4v) is 3.35. The van der Waals surface area contributed by atoms with E-state index < -0.39 is 5.91 Å². The molecule has 2 unspecified atom stereocenters. The summed E-state index contributed by atoms with van der Waals surface area (Å²) in [6.45, 7) is 1.60. The number of carbonyl (C=O) groups is 2. The molecule has 2 fully saturated rings. The number of rotatable bonds is 2. The average molecular weight is 288 g/mol. The molecule has 21 heavy (non-hydrogen) atoms. The van der Waals surface area contributed by atoms with Crippen LogP contribution in [0.4, 0.5) is 11.4 Å². The summed E-state index contributed by atoms with van der Waals surface area (Å²) in [7, 11) is 0. The SMILES string of the molecule is NC(=O)c1ccc(N)cc1N1CCC2NC(=O)CCC2C1. The van der Waals surface area contributed by atoms with Gasteiger partial charge in [0, 0.05) is 31.2 Å². The number of anilines is 2. The van der Waals surface area contributed by atoms with Gasteiger partial charge in [-0.1, -0.05) is 0 Å². The Labute approximate surface area is 123 Å². The van der Waals surface area contributed by atoms with Gasteiger partial charge in [-0.05, 0) is 37.0 Å². The third-order valence-electron chi connectivity index (χ3n) is 4.45. The van der Waals surface area contributed by atoms with E-state index in [-0.39, 0.29) is 11.9 Å². The Morgan fingerprint density at radius 1 is 1.33 bits per heavy atom. The maximum absolute atomic E-state index is 11.6. The van der Waals surface area contributed by atoms with E-state index in [0.29, 0.717) is 23.6 Å². The fourth-order valence-electron chi connectivity index (χ4n) is 3.35. The molecule has 0 aliphatic carbocycles. The van der Waals surface area contributed by atoms with Crippen molar-refractivity contribution >= 4 is 23.2 Å². The highest BCUT2D eigenvalue weighted by Gasteiger charge is 2.34. The summed E-state index contributed by atoms with van der Waals surface area (Å²) < 4.78 is 0. The van der Waals surface area contributed by atoms with Gasteiger partial charge >= 0.3 is 0 Å². The van der Waals surface area contributed by atoms with Gasteiger partial charge in [0.1, 0.15) is 0 Å². The Bertz CT molecular complexity index is 587. The van der Waals surface area contributed by atoms with Crippen molar-refractivity contribution in [2.45, 2.75) is 25.3 Å². The number of nitrogen functional groups attached to an aromatic ring is 1. The summed E-state index contributed by atoms with van der Waals surface area (Å²) in [4.78, 5) is 25.2. The molecular formula is C15H20N4O2. The van der Waals surface area contributed by atoms with Gasteiger partial charge in [0.25, 0.3) is 5.91 Å². The molecular weight excluding hydrogens is 268 g/mol. The van der Waals surface area contributed by atoms with E-state index >= 15 is 0 Å². The number of benzene rings is 1. The number of carbonyl (C=O) groups excluding carboxylic acids is 2. The minimum Gasteiger partial charge on any atom is -0.399 e. The summed E-state index contributed by atoms with van der Waals surface area (Å²) >= 11 is 0. The molecule has 0 saturated carbocycles. The molecule has 2 atom stereocenters. The first kappa shape index (κ1) is 13.7. The van der Waals surface area contributed by atoms with Crippen LogP contribution in [0.2, 0.25) is 0 Å². The maximum Gasteiger partial charge on any atom is 0.250 e. The quantitative estimate of drug-likeness (QED) is 0.689. The van der Waals surface area contributed by atoms with E-state index in [9.17, 15) is 9.59 Å². The number of fused-ring (bicyclic) bond motifs is 1. The van der Waals surface area contributed by atoms with Crippen molar-refractivity contribution in [3.63, 3.8) is 0 Å². The lowest BCUT2D eigenvalue weighted by atomic mass is 9.84. The van der Waals surface area contributed by atoms with Gasteiger partial charge in [-0.2, -0.15) is 0 Å². The minimum absolute atomic E-state index is 0.145. The number of piperidine rings is 2. The van der Waals surface area contributed by atoms with Gasteiger partial charge in [0.05, 0.1) is 11.3 Å². The van der Waals surface area contributed by atoms with Gasteiger partial charge in [0.15, 0.2) is 0 Å². The normalized spacial score (nSPS) is 25.1. The molecule has 0 radical (unpaired) electrons. The first-order chi connectivity index (χ1) is 10.0. The van der Waals surface area contributed by atoms with Crippen molar-refractivity contribution in [1.29, 1.82) is 0 Å². The van der Waals surface area contributed by atoms with E-state index in [1.807, 2.05) is 6.07 Å². The molecule has 2 aliphatic heterocycles. The number of amides is 2. The van der Waals surface area contributed by atoms with E-state index in [4.69, 9.17) is 11.5 Å². The number of nitrogens with two attached hydrogens (primary N) is 2. The molecule has 2 heterocycles. The predicted octanol–water partition coefficient (Wildman–Crippen LogP) is 0.473. The Hall–Kier alpha value is -2.24. The first-order valence-corrected chi connectivity index (χ1v) is 7.28. The molecule has 0 spiro atoms. The molecule has 2 amide bonds. The molecule has 0 aromatic heterocycles. The zero-order valence-corrected chi connectivity index (χ0v) is 11.8. The molecule has 3 rings (SSSR count). The van der Waals surface area contributed by atoms with Crippen LogP contribution in [0.5, 0.6) is 0 Å². The molecule has 5 N–H and O–H groups in total. The lowest BCUT2D eigenvalue weighted by Gasteiger charge is -2.42. The van der Waals surface area contributed by atoms with Crippen LogP contribution in [0.15, 0.2) is 18.2 Å². The second-order valence-corrected chi connectivity index (χ2v) is 5.85. The van der Waals surface area contributed by atoms with Gasteiger partial charge in [0.2, 0.25) is 5.91 Å².